The number of aromatic nitrogens is 1. The summed E-state index contributed by atoms with van der Waals surface area (Å²) in [5.74, 6) is 1.84. The quantitative estimate of drug-likeness (QED) is 0.655. The van der Waals surface area contributed by atoms with Crippen molar-refractivity contribution in [2.75, 3.05) is 19.5 Å². The Kier molecular flexibility index (Phi) is 4.83. The molecule has 0 amide bonds. The molecule has 0 bridgehead atoms. The highest BCUT2D eigenvalue weighted by atomic mass is 35.5. The fourth-order valence-electron chi connectivity index (χ4n) is 2.15. The number of halogens is 2. The smallest absolute Gasteiger partial charge is 0.299 e. The fraction of sp³-hybridized carbons (Fsp3) is 0.118. The molecule has 3 aromatic rings. The van der Waals surface area contributed by atoms with Crippen molar-refractivity contribution in [1.29, 1.82) is 0 Å². The van der Waals surface area contributed by atoms with Gasteiger partial charge in [-0.25, -0.2) is 4.98 Å². The Bertz CT molecular complexity index is 865. The molecule has 0 saturated heterocycles. The summed E-state index contributed by atoms with van der Waals surface area (Å²) >= 11 is 11.9. The molecular weight excluding hydrogens is 351 g/mol. The molecule has 0 spiro atoms. The Labute approximate surface area is 149 Å². The molecular formula is C17H14Cl2N2O3. The lowest BCUT2D eigenvalue weighted by Crippen LogP contribution is -1.94. The Morgan fingerprint density at radius 3 is 2.46 bits per heavy atom. The van der Waals surface area contributed by atoms with Crippen LogP contribution in [0.15, 0.2) is 47.0 Å². The van der Waals surface area contributed by atoms with Crippen LogP contribution < -0.4 is 14.8 Å². The number of ether oxygens (including phenoxy) is 2. The molecule has 124 valence electrons. The van der Waals surface area contributed by atoms with E-state index in [1.54, 1.807) is 44.7 Å². The zero-order valence-electron chi connectivity index (χ0n) is 13.0. The molecule has 24 heavy (non-hydrogen) atoms. The fourth-order valence-corrected chi connectivity index (χ4v) is 2.45. The van der Waals surface area contributed by atoms with Crippen LogP contribution in [0.4, 0.5) is 11.7 Å². The van der Waals surface area contributed by atoms with Gasteiger partial charge in [-0.2, -0.15) is 0 Å². The van der Waals surface area contributed by atoms with Gasteiger partial charge in [0.2, 0.25) is 0 Å². The number of anilines is 2. The number of nitrogens with one attached hydrogen (secondary N) is 1. The topological polar surface area (TPSA) is 56.5 Å². The third kappa shape index (κ3) is 3.42. The molecule has 0 atom stereocenters. The SMILES string of the molecule is COc1ccc(Nc2ncc(-c3ccc(Cl)c(Cl)c3)o2)cc1OC. The van der Waals surface area contributed by atoms with Crippen LogP contribution in [0.25, 0.3) is 11.3 Å². The minimum atomic E-state index is 0.350. The zero-order valence-corrected chi connectivity index (χ0v) is 14.5. The minimum absolute atomic E-state index is 0.350. The number of methoxy groups -OCH3 is 2. The summed E-state index contributed by atoms with van der Waals surface area (Å²) < 4.78 is 16.2. The lowest BCUT2D eigenvalue weighted by Gasteiger charge is -2.09. The predicted octanol–water partition coefficient (Wildman–Crippen LogP) is 5.41. The number of nitrogens with zero attached hydrogens (tertiary/aromatic N) is 1. The second-order valence-electron chi connectivity index (χ2n) is 4.85. The van der Waals surface area contributed by atoms with Gasteiger partial charge in [0.15, 0.2) is 17.3 Å². The standard InChI is InChI=1S/C17H14Cl2N2O3/c1-22-14-6-4-11(8-15(14)23-2)21-17-20-9-16(24-17)10-3-5-12(18)13(19)7-10/h3-9H,1-2H3,(H,20,21). The van der Waals surface area contributed by atoms with Crippen molar-refractivity contribution in [2.24, 2.45) is 0 Å². The van der Waals surface area contributed by atoms with E-state index in [0.29, 0.717) is 33.3 Å². The van der Waals surface area contributed by atoms with Crippen molar-refractivity contribution in [3.8, 4) is 22.8 Å². The maximum atomic E-state index is 6.03. The Morgan fingerprint density at radius 1 is 0.958 bits per heavy atom. The summed E-state index contributed by atoms with van der Waals surface area (Å²) in [5, 5.41) is 4.02. The van der Waals surface area contributed by atoms with Crippen molar-refractivity contribution in [1.82, 2.24) is 4.98 Å². The Morgan fingerprint density at radius 2 is 1.75 bits per heavy atom. The van der Waals surface area contributed by atoms with Crippen LogP contribution in [0.1, 0.15) is 0 Å². The third-order valence-corrected chi connectivity index (χ3v) is 4.08. The van der Waals surface area contributed by atoms with Gasteiger partial charge in [-0.3, -0.25) is 0 Å². The van der Waals surface area contributed by atoms with Crippen molar-refractivity contribution in [2.45, 2.75) is 0 Å². The molecule has 1 N–H and O–H groups in total. The lowest BCUT2D eigenvalue weighted by atomic mass is 10.2. The maximum absolute atomic E-state index is 6.03. The number of hydrogen-bond donors (Lipinski definition) is 1. The lowest BCUT2D eigenvalue weighted by molar-refractivity contribution is 0.355. The van der Waals surface area contributed by atoms with E-state index in [9.17, 15) is 0 Å². The monoisotopic (exact) mass is 364 g/mol. The van der Waals surface area contributed by atoms with Crippen LogP contribution in [0.5, 0.6) is 11.5 Å². The van der Waals surface area contributed by atoms with E-state index in [4.69, 9.17) is 37.1 Å². The van der Waals surface area contributed by atoms with Crippen molar-refractivity contribution in [3.63, 3.8) is 0 Å². The average Bonchev–Trinajstić information content (AvgIpc) is 3.05. The molecule has 0 aliphatic carbocycles. The van der Waals surface area contributed by atoms with E-state index in [-0.39, 0.29) is 0 Å². The Balaban J connectivity index is 1.82. The average molecular weight is 365 g/mol. The normalized spacial score (nSPS) is 10.5. The number of rotatable bonds is 5. The van der Waals surface area contributed by atoms with E-state index in [1.807, 2.05) is 12.1 Å². The van der Waals surface area contributed by atoms with E-state index in [0.717, 1.165) is 11.3 Å². The van der Waals surface area contributed by atoms with E-state index in [2.05, 4.69) is 10.3 Å². The highest BCUT2D eigenvalue weighted by Crippen LogP contribution is 2.33. The van der Waals surface area contributed by atoms with Crippen molar-refractivity contribution >= 4 is 34.9 Å². The van der Waals surface area contributed by atoms with Gasteiger partial charge < -0.3 is 19.2 Å². The molecule has 3 rings (SSSR count). The van der Waals surface area contributed by atoms with Crippen LogP contribution >= 0.6 is 23.2 Å². The van der Waals surface area contributed by atoms with Crippen LogP contribution in [0, 0.1) is 0 Å². The van der Waals surface area contributed by atoms with Crippen molar-refractivity contribution < 1.29 is 13.9 Å². The summed E-state index contributed by atoms with van der Waals surface area (Å²) in [6, 6.07) is 11.0. The largest absolute Gasteiger partial charge is 0.493 e. The van der Waals surface area contributed by atoms with E-state index < -0.39 is 0 Å². The van der Waals surface area contributed by atoms with Gasteiger partial charge in [0.25, 0.3) is 6.01 Å². The molecule has 2 aromatic carbocycles. The van der Waals surface area contributed by atoms with Crippen LogP contribution in [0.3, 0.4) is 0 Å². The van der Waals surface area contributed by atoms with Gasteiger partial charge in [0, 0.05) is 17.3 Å². The molecule has 5 nitrogen and oxygen atoms in total. The highest BCUT2D eigenvalue weighted by Gasteiger charge is 2.10. The van der Waals surface area contributed by atoms with Crippen LogP contribution in [0.2, 0.25) is 10.0 Å². The van der Waals surface area contributed by atoms with Gasteiger partial charge in [-0.1, -0.05) is 23.2 Å². The van der Waals surface area contributed by atoms with Gasteiger partial charge in [-0.05, 0) is 30.3 Å². The van der Waals surface area contributed by atoms with Crippen LogP contribution in [-0.4, -0.2) is 19.2 Å². The first kappa shape index (κ1) is 16.5. The molecule has 1 heterocycles. The summed E-state index contributed by atoms with van der Waals surface area (Å²) in [6.45, 7) is 0. The second-order valence-corrected chi connectivity index (χ2v) is 5.67. The highest BCUT2D eigenvalue weighted by molar-refractivity contribution is 6.42. The summed E-state index contributed by atoms with van der Waals surface area (Å²) in [7, 11) is 3.16. The minimum Gasteiger partial charge on any atom is -0.493 e. The molecule has 0 aliphatic heterocycles. The van der Waals surface area contributed by atoms with E-state index >= 15 is 0 Å². The first-order chi connectivity index (χ1) is 11.6. The third-order valence-electron chi connectivity index (χ3n) is 3.34. The molecule has 0 fully saturated rings. The molecule has 0 unspecified atom stereocenters. The first-order valence-corrected chi connectivity index (χ1v) is 7.76. The zero-order chi connectivity index (χ0) is 17.1. The molecule has 7 heteroatoms. The van der Waals surface area contributed by atoms with Gasteiger partial charge in [-0.15, -0.1) is 0 Å². The summed E-state index contributed by atoms with van der Waals surface area (Å²) in [4.78, 5) is 4.21. The Hall–Kier alpha value is -2.37. The first-order valence-electron chi connectivity index (χ1n) is 7.01. The van der Waals surface area contributed by atoms with Crippen molar-refractivity contribution in [3.05, 3.63) is 52.6 Å². The van der Waals surface area contributed by atoms with Gasteiger partial charge in [0.1, 0.15) is 0 Å². The maximum Gasteiger partial charge on any atom is 0.299 e. The number of hydrogen-bond acceptors (Lipinski definition) is 5. The molecule has 1 aromatic heterocycles. The number of benzene rings is 2. The molecule has 0 aliphatic rings. The molecule has 0 saturated carbocycles. The summed E-state index contributed by atoms with van der Waals surface area (Å²) in [6.07, 6.45) is 1.61. The summed E-state index contributed by atoms with van der Waals surface area (Å²) in [5.41, 5.74) is 1.55. The van der Waals surface area contributed by atoms with E-state index in [1.165, 1.54) is 0 Å². The van der Waals surface area contributed by atoms with Gasteiger partial charge in [0.05, 0.1) is 30.5 Å². The predicted molar refractivity (Wildman–Crippen MR) is 94.8 cm³/mol. The number of oxazole rings is 1. The molecule has 0 radical (unpaired) electrons. The van der Waals surface area contributed by atoms with Gasteiger partial charge >= 0.3 is 0 Å². The van der Waals surface area contributed by atoms with Crippen LogP contribution in [-0.2, 0) is 0 Å². The second kappa shape index (κ2) is 7.03.